The summed E-state index contributed by atoms with van der Waals surface area (Å²) >= 11 is 0. The van der Waals surface area contributed by atoms with Gasteiger partial charge in [0.25, 0.3) is 11.8 Å². The van der Waals surface area contributed by atoms with E-state index >= 15 is 0 Å². The van der Waals surface area contributed by atoms with Crippen molar-refractivity contribution in [1.29, 1.82) is 0 Å². The van der Waals surface area contributed by atoms with Crippen molar-refractivity contribution in [3.63, 3.8) is 0 Å². The molecule has 7 heteroatoms. The molecule has 0 aliphatic carbocycles. The number of rotatable bonds is 7. The third-order valence-electron chi connectivity index (χ3n) is 6.98. The smallest absolute Gasteiger partial charge is 0.265 e. The number of ketones is 1. The van der Waals surface area contributed by atoms with Gasteiger partial charge in [-0.05, 0) is 48.4 Å². The Hall–Kier alpha value is -4.23. The Labute approximate surface area is 222 Å². The van der Waals surface area contributed by atoms with Crippen molar-refractivity contribution in [2.75, 3.05) is 44.2 Å². The van der Waals surface area contributed by atoms with E-state index in [2.05, 4.69) is 29.2 Å². The second-order valence-electron chi connectivity index (χ2n) is 9.61. The molecule has 194 valence electrons. The van der Waals surface area contributed by atoms with Crippen LogP contribution in [0.25, 0.3) is 6.08 Å². The molecule has 38 heavy (non-hydrogen) atoms. The molecule has 0 unspecified atom stereocenters. The number of carbonyl (C=O) groups excluding carboxylic acids is 3. The van der Waals surface area contributed by atoms with Crippen LogP contribution in [0.1, 0.15) is 38.8 Å². The fraction of sp³-hybridized carbons (Fsp3) is 0.258. The van der Waals surface area contributed by atoms with Crippen molar-refractivity contribution in [1.82, 2.24) is 9.80 Å². The number of anilines is 1. The van der Waals surface area contributed by atoms with Gasteiger partial charge in [-0.3, -0.25) is 19.3 Å². The normalized spacial score (nSPS) is 15.9. The van der Waals surface area contributed by atoms with E-state index < -0.39 is 0 Å². The van der Waals surface area contributed by atoms with Crippen molar-refractivity contribution in [3.8, 4) is 5.75 Å². The highest BCUT2D eigenvalue weighted by molar-refractivity contribution is 6.01. The number of nitrogens with zero attached hydrogens (tertiary/aromatic N) is 3. The van der Waals surface area contributed by atoms with E-state index in [-0.39, 0.29) is 24.2 Å². The number of ether oxygens (including phenoxy) is 1. The fourth-order valence-electron chi connectivity index (χ4n) is 4.75. The van der Waals surface area contributed by atoms with Crippen LogP contribution >= 0.6 is 0 Å². The van der Waals surface area contributed by atoms with E-state index in [1.54, 1.807) is 23.1 Å². The number of amides is 2. The van der Waals surface area contributed by atoms with Gasteiger partial charge in [-0.1, -0.05) is 54.6 Å². The first-order valence-electron chi connectivity index (χ1n) is 12.9. The van der Waals surface area contributed by atoms with Gasteiger partial charge in [0.05, 0.1) is 12.2 Å². The molecule has 5 rings (SSSR count). The van der Waals surface area contributed by atoms with Crippen molar-refractivity contribution in [2.24, 2.45) is 0 Å². The largest absolute Gasteiger partial charge is 0.482 e. The first kappa shape index (κ1) is 25.4. The molecule has 1 fully saturated rings. The summed E-state index contributed by atoms with van der Waals surface area (Å²) < 4.78 is 5.55. The molecular weight excluding hydrogens is 478 g/mol. The van der Waals surface area contributed by atoms with Crippen LogP contribution in [0.3, 0.4) is 0 Å². The Morgan fingerprint density at radius 2 is 1.61 bits per heavy atom. The lowest BCUT2D eigenvalue weighted by molar-refractivity contribution is -0.121. The van der Waals surface area contributed by atoms with Gasteiger partial charge in [-0.15, -0.1) is 0 Å². The minimum atomic E-state index is -0.171. The van der Waals surface area contributed by atoms with Crippen LogP contribution in [0.2, 0.25) is 0 Å². The molecule has 0 bridgehead atoms. The number of fused-ring (bicyclic) bond motifs is 1. The predicted molar refractivity (Wildman–Crippen MR) is 147 cm³/mol. The first-order chi connectivity index (χ1) is 18.5. The van der Waals surface area contributed by atoms with E-state index in [0.29, 0.717) is 42.2 Å². The number of benzene rings is 3. The average molecular weight is 510 g/mol. The van der Waals surface area contributed by atoms with Crippen LogP contribution in [-0.4, -0.2) is 66.7 Å². The van der Waals surface area contributed by atoms with Crippen LogP contribution in [0, 0.1) is 0 Å². The molecule has 3 aromatic rings. The van der Waals surface area contributed by atoms with Gasteiger partial charge in [0.1, 0.15) is 5.75 Å². The summed E-state index contributed by atoms with van der Waals surface area (Å²) in [5.41, 5.74) is 3.84. The van der Waals surface area contributed by atoms with Crippen LogP contribution in [0.5, 0.6) is 5.75 Å². The number of Topliss-reactive ketones (excluding diaryl/α,β-unsaturated/α-hetero) is 1. The lowest BCUT2D eigenvalue weighted by Crippen LogP contribution is -2.48. The summed E-state index contributed by atoms with van der Waals surface area (Å²) in [5.74, 6) is 0.360. The highest BCUT2D eigenvalue weighted by Gasteiger charge is 2.27. The SMILES string of the molecule is CC(=O)c1ccc2c(c1)N(Cc1ccc(C(=O)N3CCN(C/C=C/c4ccccc4)CC3)cc1)C(=O)CO2. The number of hydrogen-bond acceptors (Lipinski definition) is 5. The molecule has 2 aliphatic heterocycles. The molecule has 2 amide bonds. The number of hydrogen-bond donors (Lipinski definition) is 0. The summed E-state index contributed by atoms with van der Waals surface area (Å²) in [5, 5.41) is 0. The summed E-state index contributed by atoms with van der Waals surface area (Å²) in [7, 11) is 0. The quantitative estimate of drug-likeness (QED) is 0.445. The number of carbonyl (C=O) groups is 3. The van der Waals surface area contributed by atoms with Crippen LogP contribution < -0.4 is 9.64 Å². The second kappa shape index (κ2) is 11.4. The Balaban J connectivity index is 1.17. The summed E-state index contributed by atoms with van der Waals surface area (Å²) in [6, 6.07) is 22.8. The van der Waals surface area contributed by atoms with Gasteiger partial charge in [-0.25, -0.2) is 0 Å². The molecule has 0 atom stereocenters. The molecule has 0 spiro atoms. The molecule has 0 radical (unpaired) electrons. The van der Waals surface area contributed by atoms with E-state index in [4.69, 9.17) is 4.74 Å². The molecule has 2 heterocycles. The van der Waals surface area contributed by atoms with Crippen LogP contribution in [-0.2, 0) is 11.3 Å². The maximum absolute atomic E-state index is 13.1. The highest BCUT2D eigenvalue weighted by atomic mass is 16.5. The lowest BCUT2D eigenvalue weighted by Gasteiger charge is -2.34. The highest BCUT2D eigenvalue weighted by Crippen LogP contribution is 2.34. The zero-order chi connectivity index (χ0) is 26.5. The molecule has 1 saturated heterocycles. The Morgan fingerprint density at radius 1 is 0.895 bits per heavy atom. The van der Waals surface area contributed by atoms with E-state index in [0.717, 1.165) is 25.2 Å². The van der Waals surface area contributed by atoms with Crippen LogP contribution in [0.15, 0.2) is 78.9 Å². The van der Waals surface area contributed by atoms with Crippen molar-refractivity contribution in [2.45, 2.75) is 13.5 Å². The maximum atomic E-state index is 13.1. The molecular formula is C31H31N3O4. The number of piperazine rings is 1. The van der Waals surface area contributed by atoms with Gasteiger partial charge in [0, 0.05) is 43.9 Å². The van der Waals surface area contributed by atoms with Crippen molar-refractivity contribution < 1.29 is 19.1 Å². The Bertz CT molecular complexity index is 1340. The first-order valence-corrected chi connectivity index (χ1v) is 12.9. The molecule has 0 aromatic heterocycles. The fourth-order valence-corrected chi connectivity index (χ4v) is 4.75. The van der Waals surface area contributed by atoms with Gasteiger partial charge in [0.2, 0.25) is 0 Å². The second-order valence-corrected chi connectivity index (χ2v) is 9.61. The molecule has 0 N–H and O–H groups in total. The van der Waals surface area contributed by atoms with Gasteiger partial charge in [0.15, 0.2) is 12.4 Å². The average Bonchev–Trinajstić information content (AvgIpc) is 2.95. The molecule has 0 saturated carbocycles. The molecule has 2 aliphatic rings. The Morgan fingerprint density at radius 3 is 2.32 bits per heavy atom. The minimum absolute atomic E-state index is 0.0231. The van der Waals surface area contributed by atoms with E-state index in [9.17, 15) is 14.4 Å². The van der Waals surface area contributed by atoms with Gasteiger partial charge >= 0.3 is 0 Å². The minimum Gasteiger partial charge on any atom is -0.482 e. The topological polar surface area (TPSA) is 70.2 Å². The predicted octanol–water partition coefficient (Wildman–Crippen LogP) is 4.29. The Kier molecular flexibility index (Phi) is 7.65. The van der Waals surface area contributed by atoms with E-state index in [1.165, 1.54) is 12.5 Å². The summed E-state index contributed by atoms with van der Waals surface area (Å²) in [4.78, 5) is 43.5. The van der Waals surface area contributed by atoms with Gasteiger partial charge < -0.3 is 14.5 Å². The van der Waals surface area contributed by atoms with E-state index in [1.807, 2.05) is 47.4 Å². The monoisotopic (exact) mass is 509 g/mol. The van der Waals surface area contributed by atoms with Crippen LogP contribution in [0.4, 0.5) is 5.69 Å². The zero-order valence-corrected chi connectivity index (χ0v) is 21.5. The molecule has 7 nitrogen and oxygen atoms in total. The summed E-state index contributed by atoms with van der Waals surface area (Å²) in [6.45, 7) is 5.71. The third-order valence-corrected chi connectivity index (χ3v) is 6.98. The van der Waals surface area contributed by atoms with Gasteiger partial charge in [-0.2, -0.15) is 0 Å². The van der Waals surface area contributed by atoms with Crippen molar-refractivity contribution in [3.05, 3.63) is 101 Å². The lowest BCUT2D eigenvalue weighted by atomic mass is 10.1. The van der Waals surface area contributed by atoms with Crippen molar-refractivity contribution >= 4 is 29.4 Å². The third kappa shape index (κ3) is 5.84. The maximum Gasteiger partial charge on any atom is 0.265 e. The standard InChI is InChI=1S/C31H31N3O4/c1-23(35)27-13-14-29-28(20-27)34(30(36)22-38-29)21-25-9-11-26(12-10-25)31(37)33-18-16-32(17-19-33)15-5-8-24-6-3-2-4-7-24/h2-14,20H,15-19,21-22H2,1H3/b8-5+. The summed E-state index contributed by atoms with van der Waals surface area (Å²) in [6.07, 6.45) is 4.30. The molecule has 3 aromatic carbocycles. The zero-order valence-electron chi connectivity index (χ0n) is 21.5.